The molecule has 0 N–H and O–H groups in total. The molecular formula is C16H26O4Si. The molecule has 0 radical (unpaired) electrons. The zero-order valence-electron chi connectivity index (χ0n) is 13.2. The maximum atomic E-state index is 6.11. The summed E-state index contributed by atoms with van der Waals surface area (Å²) in [4.78, 5) is 0. The van der Waals surface area contributed by atoms with Crippen LogP contribution in [0.25, 0.3) is 6.08 Å². The molecule has 0 aliphatic rings. The van der Waals surface area contributed by atoms with Crippen LogP contribution in [-0.2, 0) is 25.2 Å². The standard InChI is InChI=1S/C16H26O4Si/c1-5-14-6-8-15(9-7-14)12-20-21(11-10-17-2)13-16(18-3)19-4/h5-9,16,21H,1,10-13H2,2-4H3. The maximum Gasteiger partial charge on any atom is 0.184 e. The van der Waals surface area contributed by atoms with Crippen molar-refractivity contribution in [3.63, 3.8) is 0 Å². The summed E-state index contributed by atoms with van der Waals surface area (Å²) in [5.41, 5.74) is 2.28. The van der Waals surface area contributed by atoms with Crippen LogP contribution in [0.1, 0.15) is 11.1 Å². The second-order valence-corrected chi connectivity index (χ2v) is 7.42. The molecule has 0 amide bonds. The number of ether oxygens (including phenoxy) is 3. The predicted molar refractivity (Wildman–Crippen MR) is 87.8 cm³/mol. The minimum Gasteiger partial charge on any atom is -0.415 e. The average Bonchev–Trinajstić information content (AvgIpc) is 2.54. The van der Waals surface area contributed by atoms with Crippen LogP contribution in [0.4, 0.5) is 0 Å². The first-order valence-corrected chi connectivity index (χ1v) is 9.21. The van der Waals surface area contributed by atoms with Crippen molar-refractivity contribution in [2.45, 2.75) is 25.0 Å². The van der Waals surface area contributed by atoms with Crippen LogP contribution in [-0.4, -0.2) is 43.3 Å². The van der Waals surface area contributed by atoms with Crippen molar-refractivity contribution in [1.82, 2.24) is 0 Å². The van der Waals surface area contributed by atoms with Crippen LogP contribution in [0.15, 0.2) is 30.8 Å². The number of hydrogen-bond acceptors (Lipinski definition) is 4. The van der Waals surface area contributed by atoms with Gasteiger partial charge in [0.2, 0.25) is 0 Å². The van der Waals surface area contributed by atoms with E-state index < -0.39 is 9.04 Å². The molecule has 1 unspecified atom stereocenters. The largest absolute Gasteiger partial charge is 0.415 e. The first-order valence-electron chi connectivity index (χ1n) is 7.11. The summed E-state index contributed by atoms with van der Waals surface area (Å²) in [5.74, 6) is 0. The predicted octanol–water partition coefficient (Wildman–Crippen LogP) is 2.84. The number of rotatable bonds is 11. The topological polar surface area (TPSA) is 36.9 Å². The van der Waals surface area contributed by atoms with E-state index in [1.54, 1.807) is 21.3 Å². The quantitative estimate of drug-likeness (QED) is 0.465. The van der Waals surface area contributed by atoms with Gasteiger partial charge in [-0.2, -0.15) is 0 Å². The zero-order valence-corrected chi connectivity index (χ0v) is 14.4. The van der Waals surface area contributed by atoms with Gasteiger partial charge in [-0.1, -0.05) is 36.9 Å². The van der Waals surface area contributed by atoms with Gasteiger partial charge in [-0.05, 0) is 17.2 Å². The van der Waals surface area contributed by atoms with E-state index in [1.165, 1.54) is 5.56 Å². The third-order valence-electron chi connectivity index (χ3n) is 3.33. The van der Waals surface area contributed by atoms with Crippen molar-refractivity contribution in [2.24, 2.45) is 0 Å². The fourth-order valence-corrected chi connectivity index (χ4v) is 4.27. The summed E-state index contributed by atoms with van der Waals surface area (Å²) in [7, 11) is 3.60. The van der Waals surface area contributed by atoms with Gasteiger partial charge in [-0.15, -0.1) is 0 Å². The second kappa shape index (κ2) is 10.7. The summed E-state index contributed by atoms with van der Waals surface area (Å²) in [5, 5.41) is 0. The zero-order chi connectivity index (χ0) is 15.5. The van der Waals surface area contributed by atoms with Gasteiger partial charge in [0.15, 0.2) is 15.3 Å². The molecule has 21 heavy (non-hydrogen) atoms. The van der Waals surface area contributed by atoms with Crippen LogP contribution in [0.5, 0.6) is 0 Å². The molecule has 0 aliphatic carbocycles. The molecule has 0 fully saturated rings. The first-order chi connectivity index (χ1) is 10.2. The molecular weight excluding hydrogens is 284 g/mol. The molecule has 0 saturated carbocycles. The Morgan fingerprint density at radius 2 is 1.81 bits per heavy atom. The lowest BCUT2D eigenvalue weighted by Gasteiger charge is -2.21. The van der Waals surface area contributed by atoms with Gasteiger partial charge in [0, 0.05) is 34.0 Å². The lowest BCUT2D eigenvalue weighted by atomic mass is 10.1. The van der Waals surface area contributed by atoms with Crippen LogP contribution >= 0.6 is 0 Å². The van der Waals surface area contributed by atoms with Crippen molar-refractivity contribution in [3.05, 3.63) is 42.0 Å². The Morgan fingerprint density at radius 1 is 1.14 bits per heavy atom. The highest BCUT2D eigenvalue weighted by atomic mass is 28.3. The van der Waals surface area contributed by atoms with Crippen molar-refractivity contribution >= 4 is 15.1 Å². The molecule has 0 aromatic heterocycles. The Kier molecular flexibility index (Phi) is 9.21. The lowest BCUT2D eigenvalue weighted by Crippen LogP contribution is -2.27. The van der Waals surface area contributed by atoms with E-state index in [9.17, 15) is 0 Å². The van der Waals surface area contributed by atoms with E-state index >= 15 is 0 Å². The fourth-order valence-electron chi connectivity index (χ4n) is 1.99. The Balaban J connectivity index is 2.51. The van der Waals surface area contributed by atoms with E-state index in [-0.39, 0.29) is 6.29 Å². The van der Waals surface area contributed by atoms with Crippen molar-refractivity contribution in [2.75, 3.05) is 27.9 Å². The van der Waals surface area contributed by atoms with E-state index in [2.05, 4.69) is 18.7 Å². The Morgan fingerprint density at radius 3 is 2.33 bits per heavy atom. The molecule has 0 aliphatic heterocycles. The van der Waals surface area contributed by atoms with Crippen molar-refractivity contribution in [1.29, 1.82) is 0 Å². The Labute approximate surface area is 129 Å². The molecule has 5 heteroatoms. The molecule has 0 heterocycles. The molecule has 1 aromatic rings. The maximum absolute atomic E-state index is 6.11. The molecule has 1 aromatic carbocycles. The summed E-state index contributed by atoms with van der Waals surface area (Å²) >= 11 is 0. The van der Waals surface area contributed by atoms with E-state index in [4.69, 9.17) is 18.6 Å². The van der Waals surface area contributed by atoms with Gasteiger partial charge in [-0.25, -0.2) is 0 Å². The van der Waals surface area contributed by atoms with Gasteiger partial charge < -0.3 is 18.6 Å². The third kappa shape index (κ3) is 7.02. The number of hydrogen-bond donors (Lipinski definition) is 0. The monoisotopic (exact) mass is 310 g/mol. The average molecular weight is 310 g/mol. The highest BCUT2D eigenvalue weighted by molar-refractivity contribution is 6.52. The van der Waals surface area contributed by atoms with Crippen LogP contribution in [0, 0.1) is 0 Å². The molecule has 0 saturated heterocycles. The van der Waals surface area contributed by atoms with Gasteiger partial charge >= 0.3 is 0 Å². The van der Waals surface area contributed by atoms with Crippen LogP contribution < -0.4 is 0 Å². The van der Waals surface area contributed by atoms with Gasteiger partial charge in [-0.3, -0.25) is 0 Å². The lowest BCUT2D eigenvalue weighted by molar-refractivity contribution is -0.0897. The highest BCUT2D eigenvalue weighted by Crippen LogP contribution is 2.13. The van der Waals surface area contributed by atoms with Gasteiger partial charge in [0.1, 0.15) is 0 Å². The molecule has 1 rings (SSSR count). The highest BCUT2D eigenvalue weighted by Gasteiger charge is 2.18. The van der Waals surface area contributed by atoms with Gasteiger partial charge in [0.25, 0.3) is 0 Å². The van der Waals surface area contributed by atoms with Crippen molar-refractivity contribution in [3.8, 4) is 0 Å². The SMILES string of the molecule is C=Cc1ccc(CO[SiH](CCOC)CC(OC)OC)cc1. The minimum atomic E-state index is -1.43. The normalized spacial score (nSPS) is 12.6. The fraction of sp³-hybridized carbons (Fsp3) is 0.500. The van der Waals surface area contributed by atoms with E-state index in [0.29, 0.717) is 13.2 Å². The third-order valence-corrected chi connectivity index (χ3v) is 5.75. The van der Waals surface area contributed by atoms with Crippen molar-refractivity contribution < 1.29 is 18.6 Å². The number of benzene rings is 1. The number of methoxy groups -OCH3 is 3. The van der Waals surface area contributed by atoms with Gasteiger partial charge in [0.05, 0.1) is 6.61 Å². The molecule has 0 spiro atoms. The van der Waals surface area contributed by atoms with E-state index in [1.807, 2.05) is 18.2 Å². The summed E-state index contributed by atoms with van der Waals surface area (Å²) in [6.07, 6.45) is 1.64. The van der Waals surface area contributed by atoms with E-state index in [0.717, 1.165) is 17.7 Å². The molecule has 1 atom stereocenters. The molecule has 0 bridgehead atoms. The molecule has 4 nitrogen and oxygen atoms in total. The summed E-state index contributed by atoms with van der Waals surface area (Å²) in [6, 6.07) is 10.0. The van der Waals surface area contributed by atoms with Crippen LogP contribution in [0.3, 0.4) is 0 Å². The smallest absolute Gasteiger partial charge is 0.184 e. The Bertz CT molecular complexity index is 390. The van der Waals surface area contributed by atoms with Crippen LogP contribution in [0.2, 0.25) is 12.1 Å². The summed E-state index contributed by atoms with van der Waals surface area (Å²) < 4.78 is 21.8. The summed E-state index contributed by atoms with van der Waals surface area (Å²) in [6.45, 7) is 5.09. The first kappa shape index (κ1) is 18.1. The Hall–Kier alpha value is -0.983. The second-order valence-electron chi connectivity index (χ2n) is 4.80. The molecule has 118 valence electrons. The minimum absolute atomic E-state index is 0.193.